The summed E-state index contributed by atoms with van der Waals surface area (Å²) in [4.78, 5) is 7.01. The number of aliphatic imine (C=N–C) groups is 1. The summed E-state index contributed by atoms with van der Waals surface area (Å²) in [7, 11) is 3.89. The van der Waals surface area contributed by atoms with Crippen LogP contribution in [0.1, 0.15) is 44.2 Å². The summed E-state index contributed by atoms with van der Waals surface area (Å²) in [5.74, 6) is 1.38. The number of benzene rings is 2. The maximum Gasteiger partial charge on any atom is 0.129 e. The number of ether oxygens (including phenoxy) is 1. The minimum absolute atomic E-state index is 0.147. The molecule has 2 aromatic rings. The molecule has 0 saturated heterocycles. The highest BCUT2D eigenvalue weighted by atomic mass is 127. The van der Waals surface area contributed by atoms with Gasteiger partial charge in [0, 0.05) is 39.7 Å². The van der Waals surface area contributed by atoms with Crippen LogP contribution in [-0.2, 0) is 0 Å². The maximum absolute atomic E-state index is 5.66. The van der Waals surface area contributed by atoms with E-state index < -0.39 is 0 Å². The van der Waals surface area contributed by atoms with Gasteiger partial charge in [0.25, 0.3) is 0 Å². The van der Waals surface area contributed by atoms with E-state index in [1.54, 1.807) is 7.11 Å². The second kappa shape index (κ2) is 6.98. The molecule has 1 heterocycles. The maximum atomic E-state index is 5.66. The van der Waals surface area contributed by atoms with E-state index in [-0.39, 0.29) is 5.54 Å². The van der Waals surface area contributed by atoms with Gasteiger partial charge >= 0.3 is 0 Å². The number of nitrogens with zero attached hydrogens (tertiary/aromatic N) is 2. The van der Waals surface area contributed by atoms with Crippen LogP contribution in [0.2, 0.25) is 0 Å². The largest absolute Gasteiger partial charge is 0.496 e. The monoisotopic (exact) mass is 448 g/mol. The first kappa shape index (κ1) is 18.2. The highest BCUT2D eigenvalue weighted by Gasteiger charge is 2.34. The Morgan fingerprint density at radius 3 is 2.72 bits per heavy atom. The normalized spacial score (nSPS) is 19.1. The zero-order valence-corrected chi connectivity index (χ0v) is 17.7. The quantitative estimate of drug-likeness (QED) is 0.440. The number of rotatable bonds is 3. The first-order valence-corrected chi connectivity index (χ1v) is 9.65. The van der Waals surface area contributed by atoms with E-state index >= 15 is 0 Å². The molecule has 0 N–H and O–H groups in total. The predicted octanol–water partition coefficient (Wildman–Crippen LogP) is 5.77. The van der Waals surface area contributed by atoms with Gasteiger partial charge in [0.2, 0.25) is 0 Å². The Bertz CT molecular complexity index is 814. The van der Waals surface area contributed by atoms with Crippen LogP contribution in [0, 0.1) is 3.57 Å². The van der Waals surface area contributed by atoms with Gasteiger partial charge in [-0.05, 0) is 78.6 Å². The number of methoxy groups -OCH3 is 1. The lowest BCUT2D eigenvalue weighted by Gasteiger charge is -2.45. The van der Waals surface area contributed by atoms with Crippen molar-refractivity contribution in [2.75, 3.05) is 19.1 Å². The van der Waals surface area contributed by atoms with Crippen molar-refractivity contribution in [2.24, 2.45) is 4.99 Å². The molecule has 1 aliphatic heterocycles. The van der Waals surface area contributed by atoms with Crippen LogP contribution >= 0.6 is 22.6 Å². The van der Waals surface area contributed by atoms with Gasteiger partial charge in [-0.15, -0.1) is 0 Å². The lowest BCUT2D eigenvalue weighted by molar-refractivity contribution is 0.389. The molecule has 1 unspecified atom stereocenters. The van der Waals surface area contributed by atoms with Crippen molar-refractivity contribution >= 4 is 40.2 Å². The van der Waals surface area contributed by atoms with E-state index in [1.165, 1.54) is 14.8 Å². The molecule has 3 nitrogen and oxygen atoms in total. The number of hydrogen-bond acceptors (Lipinski definition) is 3. The van der Waals surface area contributed by atoms with E-state index in [0.29, 0.717) is 5.92 Å². The minimum atomic E-state index is 0.147. The topological polar surface area (TPSA) is 24.8 Å². The average molecular weight is 448 g/mol. The fraction of sp³-hybridized carbons (Fsp3) is 0.381. The van der Waals surface area contributed by atoms with Gasteiger partial charge in [0.05, 0.1) is 12.8 Å². The van der Waals surface area contributed by atoms with Gasteiger partial charge in [0.15, 0.2) is 0 Å². The predicted molar refractivity (Wildman–Crippen MR) is 115 cm³/mol. The molecule has 0 radical (unpaired) electrons. The van der Waals surface area contributed by atoms with Crippen molar-refractivity contribution in [3.05, 3.63) is 51.1 Å². The van der Waals surface area contributed by atoms with Crippen molar-refractivity contribution in [1.82, 2.24) is 0 Å². The Labute approximate surface area is 164 Å². The van der Waals surface area contributed by atoms with Crippen molar-refractivity contribution in [1.29, 1.82) is 0 Å². The Balaban J connectivity index is 2.03. The molecule has 0 saturated carbocycles. The Hall–Kier alpha value is -1.56. The molecule has 4 heteroatoms. The lowest BCUT2D eigenvalue weighted by Crippen LogP contribution is -2.45. The third kappa shape index (κ3) is 3.68. The number of hydrogen-bond donors (Lipinski definition) is 0. The summed E-state index contributed by atoms with van der Waals surface area (Å²) in [6.07, 6.45) is 3.05. The average Bonchev–Trinajstić information content (AvgIpc) is 2.57. The van der Waals surface area contributed by atoms with Crippen molar-refractivity contribution in [2.45, 2.75) is 38.6 Å². The van der Waals surface area contributed by atoms with E-state index in [0.717, 1.165) is 23.4 Å². The molecule has 0 aromatic heterocycles. The smallest absolute Gasteiger partial charge is 0.129 e. The molecule has 0 fully saturated rings. The molecule has 1 atom stereocenters. The Kier molecular flexibility index (Phi) is 5.09. The molecule has 0 aliphatic carbocycles. The number of anilines is 1. The van der Waals surface area contributed by atoms with Crippen LogP contribution in [0.5, 0.6) is 5.75 Å². The molecule has 25 heavy (non-hydrogen) atoms. The molecule has 0 bridgehead atoms. The lowest BCUT2D eigenvalue weighted by atomic mass is 9.80. The van der Waals surface area contributed by atoms with E-state index in [4.69, 9.17) is 4.74 Å². The van der Waals surface area contributed by atoms with Crippen LogP contribution in [-0.4, -0.2) is 25.9 Å². The zero-order chi connectivity index (χ0) is 18.2. The summed E-state index contributed by atoms with van der Waals surface area (Å²) >= 11 is 2.31. The van der Waals surface area contributed by atoms with Crippen LogP contribution in [0.25, 0.3) is 0 Å². The highest BCUT2D eigenvalue weighted by Crippen LogP contribution is 2.44. The number of fused-ring (bicyclic) bond motifs is 1. The van der Waals surface area contributed by atoms with Crippen molar-refractivity contribution in [3.63, 3.8) is 0 Å². The van der Waals surface area contributed by atoms with Gasteiger partial charge in [-0.2, -0.15) is 0 Å². The van der Waals surface area contributed by atoms with E-state index in [1.807, 2.05) is 18.3 Å². The number of halogens is 1. The van der Waals surface area contributed by atoms with Gasteiger partial charge < -0.3 is 9.64 Å². The first-order valence-electron chi connectivity index (χ1n) is 8.57. The zero-order valence-electron chi connectivity index (χ0n) is 15.5. The summed E-state index contributed by atoms with van der Waals surface area (Å²) in [6.45, 7) is 6.90. The molecule has 0 spiro atoms. The summed E-state index contributed by atoms with van der Waals surface area (Å²) < 4.78 is 6.84. The molecular weight excluding hydrogens is 423 g/mol. The van der Waals surface area contributed by atoms with Crippen LogP contribution < -0.4 is 9.64 Å². The van der Waals surface area contributed by atoms with Crippen LogP contribution in [0.4, 0.5) is 11.4 Å². The minimum Gasteiger partial charge on any atom is -0.496 e. The Morgan fingerprint density at radius 1 is 1.28 bits per heavy atom. The van der Waals surface area contributed by atoms with Gasteiger partial charge in [0.1, 0.15) is 5.75 Å². The molecule has 3 rings (SSSR count). The molecule has 1 aliphatic rings. The third-order valence-electron chi connectivity index (χ3n) is 5.15. The molecule has 2 aromatic carbocycles. The van der Waals surface area contributed by atoms with Gasteiger partial charge in [-0.25, -0.2) is 0 Å². The van der Waals surface area contributed by atoms with E-state index in [9.17, 15) is 0 Å². The highest BCUT2D eigenvalue weighted by molar-refractivity contribution is 14.1. The molecule has 0 amide bonds. The summed E-state index contributed by atoms with van der Waals surface area (Å²) in [5, 5.41) is 0. The SMILES string of the molecule is COc1cc2c(cc1C=Nc1cccc(I)c1)C(C)CC(C)(C)N2C. The second-order valence-electron chi connectivity index (χ2n) is 7.37. The molecular formula is C21H25IN2O. The first-order chi connectivity index (χ1) is 11.8. The fourth-order valence-electron chi connectivity index (χ4n) is 3.59. The third-order valence-corrected chi connectivity index (χ3v) is 5.82. The van der Waals surface area contributed by atoms with Crippen LogP contribution in [0.3, 0.4) is 0 Å². The van der Waals surface area contributed by atoms with Gasteiger partial charge in [-0.1, -0.05) is 13.0 Å². The summed E-state index contributed by atoms with van der Waals surface area (Å²) in [6, 6.07) is 12.6. The fourth-order valence-corrected chi connectivity index (χ4v) is 4.12. The van der Waals surface area contributed by atoms with Crippen molar-refractivity contribution in [3.8, 4) is 5.75 Å². The molecule has 132 valence electrons. The van der Waals surface area contributed by atoms with Crippen LogP contribution in [0.15, 0.2) is 41.4 Å². The standard InChI is InChI=1S/C21H25IN2O/c1-14-12-21(2,3)24(4)19-11-20(25-5)15(9-18(14)19)13-23-17-8-6-7-16(22)10-17/h6-11,13-14H,12H2,1-5H3. The Morgan fingerprint density at radius 2 is 2.04 bits per heavy atom. The van der Waals surface area contributed by atoms with E-state index in [2.05, 4.69) is 84.6 Å². The second-order valence-corrected chi connectivity index (χ2v) is 8.61. The summed E-state index contributed by atoms with van der Waals surface area (Å²) in [5.41, 5.74) is 4.75. The van der Waals surface area contributed by atoms with Crippen molar-refractivity contribution < 1.29 is 4.74 Å². The van der Waals surface area contributed by atoms with Gasteiger partial charge in [-0.3, -0.25) is 4.99 Å².